The van der Waals surface area contributed by atoms with Crippen molar-refractivity contribution in [2.45, 2.75) is 13.8 Å². The molecule has 2 rings (SSSR count). The van der Waals surface area contributed by atoms with Crippen LogP contribution in [0.5, 0.6) is 0 Å². The molecule has 2 aromatic carbocycles. The van der Waals surface area contributed by atoms with Crippen molar-refractivity contribution in [3.8, 4) is 0 Å². The number of hydrogen-bond acceptors (Lipinski definition) is 1. The van der Waals surface area contributed by atoms with Crippen molar-refractivity contribution in [2.24, 2.45) is 0 Å². The number of amides is 1. The van der Waals surface area contributed by atoms with E-state index in [0.717, 1.165) is 15.7 Å². The van der Waals surface area contributed by atoms with E-state index in [4.69, 9.17) is 0 Å². The van der Waals surface area contributed by atoms with Crippen LogP contribution in [0.1, 0.15) is 16.7 Å². The quantitative estimate of drug-likeness (QED) is 0.811. The summed E-state index contributed by atoms with van der Waals surface area (Å²) in [6.45, 7) is 4.08. The predicted molar refractivity (Wildman–Crippen MR) is 87.7 cm³/mol. The zero-order valence-electron chi connectivity index (χ0n) is 11.5. The van der Waals surface area contributed by atoms with Crippen LogP contribution in [0.25, 0.3) is 6.08 Å². The Morgan fingerprint density at radius 1 is 1.05 bits per heavy atom. The van der Waals surface area contributed by atoms with Crippen LogP contribution in [0, 0.1) is 13.8 Å². The Hall–Kier alpha value is -1.87. The van der Waals surface area contributed by atoms with Crippen molar-refractivity contribution < 1.29 is 4.79 Å². The minimum absolute atomic E-state index is 0.129. The number of carbonyl (C=O) groups is 1. The highest BCUT2D eigenvalue weighted by Gasteiger charge is 1.99. The van der Waals surface area contributed by atoms with Crippen LogP contribution < -0.4 is 5.32 Å². The summed E-state index contributed by atoms with van der Waals surface area (Å²) < 4.78 is 1.02. The van der Waals surface area contributed by atoms with Gasteiger partial charge in [0.25, 0.3) is 0 Å². The highest BCUT2D eigenvalue weighted by molar-refractivity contribution is 9.10. The molecule has 0 saturated carbocycles. The van der Waals surface area contributed by atoms with Gasteiger partial charge in [-0.2, -0.15) is 0 Å². The van der Waals surface area contributed by atoms with Crippen LogP contribution in [0.2, 0.25) is 0 Å². The highest BCUT2D eigenvalue weighted by atomic mass is 79.9. The maximum Gasteiger partial charge on any atom is 0.248 e. The van der Waals surface area contributed by atoms with Crippen LogP contribution in [0.3, 0.4) is 0 Å². The lowest BCUT2D eigenvalue weighted by molar-refractivity contribution is -0.111. The average Bonchev–Trinajstić information content (AvgIpc) is 2.42. The van der Waals surface area contributed by atoms with Crippen LogP contribution in [0.15, 0.2) is 53.0 Å². The third-order valence-corrected chi connectivity index (χ3v) is 3.60. The largest absolute Gasteiger partial charge is 0.323 e. The second kappa shape index (κ2) is 6.53. The maximum atomic E-state index is 11.8. The molecule has 0 aliphatic carbocycles. The Labute approximate surface area is 127 Å². The van der Waals surface area contributed by atoms with Gasteiger partial charge in [0.15, 0.2) is 0 Å². The first-order valence-electron chi connectivity index (χ1n) is 6.36. The maximum absolute atomic E-state index is 11.8. The van der Waals surface area contributed by atoms with Crippen LogP contribution >= 0.6 is 15.9 Å². The molecule has 0 radical (unpaired) electrons. The first kappa shape index (κ1) is 14.5. The number of hydrogen-bond donors (Lipinski definition) is 1. The summed E-state index contributed by atoms with van der Waals surface area (Å²) in [4.78, 5) is 11.8. The number of anilines is 1. The van der Waals surface area contributed by atoms with E-state index in [1.54, 1.807) is 12.2 Å². The molecule has 0 bridgehead atoms. The molecule has 1 N–H and O–H groups in total. The predicted octanol–water partition coefficient (Wildman–Crippen LogP) is 4.72. The van der Waals surface area contributed by atoms with E-state index in [0.29, 0.717) is 0 Å². The number of aryl methyl sites for hydroxylation is 2. The fourth-order valence-electron chi connectivity index (χ4n) is 1.75. The topological polar surface area (TPSA) is 29.1 Å². The van der Waals surface area contributed by atoms with Crippen molar-refractivity contribution in [2.75, 3.05) is 5.32 Å². The van der Waals surface area contributed by atoms with Crippen molar-refractivity contribution in [3.63, 3.8) is 0 Å². The lowest BCUT2D eigenvalue weighted by Crippen LogP contribution is -2.07. The monoisotopic (exact) mass is 329 g/mol. The van der Waals surface area contributed by atoms with Crippen LogP contribution in [-0.2, 0) is 4.79 Å². The molecule has 0 fully saturated rings. The molecule has 2 nitrogen and oxygen atoms in total. The zero-order chi connectivity index (χ0) is 14.5. The second-order valence-corrected chi connectivity index (χ2v) is 5.59. The second-order valence-electron chi connectivity index (χ2n) is 4.67. The molecule has 0 aliphatic heterocycles. The third-order valence-electron chi connectivity index (χ3n) is 3.07. The van der Waals surface area contributed by atoms with Crippen molar-refractivity contribution in [1.82, 2.24) is 0 Å². The number of nitrogens with one attached hydrogen (secondary N) is 1. The van der Waals surface area contributed by atoms with Crippen molar-refractivity contribution in [3.05, 3.63) is 69.7 Å². The van der Waals surface area contributed by atoms with Gasteiger partial charge in [0.05, 0.1) is 0 Å². The first-order valence-corrected chi connectivity index (χ1v) is 7.16. The lowest BCUT2D eigenvalue weighted by atomic mass is 10.1. The summed E-state index contributed by atoms with van der Waals surface area (Å²) in [6.07, 6.45) is 3.33. The van der Waals surface area contributed by atoms with Crippen LogP contribution in [-0.4, -0.2) is 5.91 Å². The van der Waals surface area contributed by atoms with Crippen molar-refractivity contribution in [1.29, 1.82) is 0 Å². The number of halogens is 1. The average molecular weight is 330 g/mol. The molecule has 0 saturated heterocycles. The summed E-state index contributed by atoms with van der Waals surface area (Å²) in [7, 11) is 0. The van der Waals surface area contributed by atoms with Crippen LogP contribution in [0.4, 0.5) is 5.69 Å². The summed E-state index contributed by atoms with van der Waals surface area (Å²) >= 11 is 3.38. The molecule has 1 amide bonds. The molecule has 0 aliphatic rings. The van der Waals surface area contributed by atoms with E-state index < -0.39 is 0 Å². The molecule has 3 heteroatoms. The molecule has 2 aromatic rings. The number of benzene rings is 2. The standard InChI is InChI=1S/C17H16BrNO/c1-12-3-9-16(11-13(12)2)19-17(20)10-6-14-4-7-15(18)8-5-14/h3-11H,1-2H3,(H,19,20)/b10-6+. The van der Waals surface area contributed by atoms with Gasteiger partial charge in [0.1, 0.15) is 0 Å². The SMILES string of the molecule is Cc1ccc(NC(=O)/C=C/c2ccc(Br)cc2)cc1C. The fourth-order valence-corrected chi connectivity index (χ4v) is 2.01. The molecule has 20 heavy (non-hydrogen) atoms. The summed E-state index contributed by atoms with van der Waals surface area (Å²) in [6, 6.07) is 13.7. The molecule has 0 unspecified atom stereocenters. The Bertz CT molecular complexity index is 645. The molecule has 0 heterocycles. The minimum atomic E-state index is -0.129. The lowest BCUT2D eigenvalue weighted by Gasteiger charge is -2.05. The van der Waals surface area contributed by atoms with Gasteiger partial charge in [-0.1, -0.05) is 34.1 Å². The molecule has 0 spiro atoms. The van der Waals surface area contributed by atoms with Gasteiger partial charge in [-0.05, 0) is 60.9 Å². The van der Waals surface area contributed by atoms with Gasteiger partial charge in [-0.3, -0.25) is 4.79 Å². The Morgan fingerprint density at radius 3 is 2.40 bits per heavy atom. The Balaban J connectivity index is 2.01. The number of rotatable bonds is 3. The summed E-state index contributed by atoms with van der Waals surface area (Å²) in [5.41, 5.74) is 4.19. The molecule has 0 atom stereocenters. The van der Waals surface area contributed by atoms with E-state index in [1.807, 2.05) is 56.3 Å². The number of carbonyl (C=O) groups excluding carboxylic acids is 1. The van der Waals surface area contributed by atoms with E-state index >= 15 is 0 Å². The smallest absolute Gasteiger partial charge is 0.248 e. The van der Waals surface area contributed by atoms with Gasteiger partial charge in [0, 0.05) is 16.2 Å². The normalized spacial score (nSPS) is 10.8. The summed E-state index contributed by atoms with van der Waals surface area (Å²) in [5, 5.41) is 2.86. The summed E-state index contributed by atoms with van der Waals surface area (Å²) in [5.74, 6) is -0.129. The molecule has 102 valence electrons. The van der Waals surface area contributed by atoms with Gasteiger partial charge < -0.3 is 5.32 Å². The van der Waals surface area contributed by atoms with Crippen molar-refractivity contribution >= 4 is 33.6 Å². The Morgan fingerprint density at radius 2 is 1.75 bits per heavy atom. The highest BCUT2D eigenvalue weighted by Crippen LogP contribution is 2.14. The van der Waals surface area contributed by atoms with Gasteiger partial charge >= 0.3 is 0 Å². The van der Waals surface area contributed by atoms with E-state index in [2.05, 4.69) is 21.2 Å². The van der Waals surface area contributed by atoms with E-state index in [1.165, 1.54) is 11.1 Å². The van der Waals surface area contributed by atoms with E-state index in [-0.39, 0.29) is 5.91 Å². The van der Waals surface area contributed by atoms with Gasteiger partial charge in [-0.25, -0.2) is 0 Å². The molecular weight excluding hydrogens is 314 g/mol. The van der Waals surface area contributed by atoms with Gasteiger partial charge in [-0.15, -0.1) is 0 Å². The van der Waals surface area contributed by atoms with Gasteiger partial charge in [0.2, 0.25) is 5.91 Å². The third kappa shape index (κ3) is 4.07. The zero-order valence-corrected chi connectivity index (χ0v) is 13.1. The fraction of sp³-hybridized carbons (Fsp3) is 0.118. The minimum Gasteiger partial charge on any atom is -0.323 e. The first-order chi connectivity index (χ1) is 9.54. The Kier molecular flexibility index (Phi) is 4.74. The van der Waals surface area contributed by atoms with E-state index in [9.17, 15) is 4.79 Å². The molecule has 0 aromatic heterocycles. The molecular formula is C17H16BrNO.